The van der Waals surface area contributed by atoms with Crippen LogP contribution >= 0.6 is 0 Å². The first-order valence-corrected chi connectivity index (χ1v) is 7.08. The largest absolute Gasteiger partial charge is 0.389 e. The summed E-state index contributed by atoms with van der Waals surface area (Å²) in [5.74, 6) is 0.775. The van der Waals surface area contributed by atoms with Crippen molar-refractivity contribution < 1.29 is 5.11 Å². The van der Waals surface area contributed by atoms with Gasteiger partial charge in [-0.3, -0.25) is 0 Å². The zero-order valence-electron chi connectivity index (χ0n) is 12.1. The van der Waals surface area contributed by atoms with Gasteiger partial charge in [0.2, 0.25) is 0 Å². The van der Waals surface area contributed by atoms with Gasteiger partial charge in [-0.15, -0.1) is 0 Å². The van der Waals surface area contributed by atoms with Crippen molar-refractivity contribution in [1.82, 2.24) is 9.80 Å². The van der Waals surface area contributed by atoms with E-state index < -0.39 is 5.60 Å². The van der Waals surface area contributed by atoms with Gasteiger partial charge in [-0.05, 0) is 52.2 Å². The van der Waals surface area contributed by atoms with Gasteiger partial charge in [-0.2, -0.15) is 0 Å². The molecule has 0 saturated carbocycles. The average molecular weight is 242 g/mol. The second-order valence-corrected chi connectivity index (χ2v) is 5.90. The monoisotopic (exact) mass is 242 g/mol. The van der Waals surface area contributed by atoms with E-state index >= 15 is 0 Å². The summed E-state index contributed by atoms with van der Waals surface area (Å²) >= 11 is 0. The van der Waals surface area contributed by atoms with Gasteiger partial charge in [0, 0.05) is 19.6 Å². The van der Waals surface area contributed by atoms with Crippen LogP contribution in [0, 0.1) is 5.92 Å². The van der Waals surface area contributed by atoms with Gasteiger partial charge in [0.05, 0.1) is 5.60 Å². The van der Waals surface area contributed by atoms with Crippen molar-refractivity contribution in [2.45, 2.75) is 45.1 Å². The third-order valence-electron chi connectivity index (χ3n) is 4.17. The molecule has 0 aromatic carbocycles. The van der Waals surface area contributed by atoms with Crippen LogP contribution < -0.4 is 0 Å². The van der Waals surface area contributed by atoms with Gasteiger partial charge < -0.3 is 14.9 Å². The first-order chi connectivity index (χ1) is 7.99. The summed E-state index contributed by atoms with van der Waals surface area (Å²) in [4.78, 5) is 4.74. The Bertz CT molecular complexity index is 216. The van der Waals surface area contributed by atoms with Crippen LogP contribution in [0.25, 0.3) is 0 Å². The van der Waals surface area contributed by atoms with E-state index in [1.807, 2.05) is 0 Å². The van der Waals surface area contributed by atoms with Crippen LogP contribution in [0.4, 0.5) is 0 Å². The molecule has 0 aromatic rings. The second kappa shape index (κ2) is 6.72. The predicted molar refractivity (Wildman–Crippen MR) is 73.2 cm³/mol. The van der Waals surface area contributed by atoms with Crippen molar-refractivity contribution in [2.75, 3.05) is 40.3 Å². The van der Waals surface area contributed by atoms with Crippen LogP contribution in [0.15, 0.2) is 0 Å². The SMILES string of the molecule is CCC(O)(CC)CN(C)CC1CCCN(C)C1. The average Bonchev–Trinajstić information content (AvgIpc) is 2.28. The maximum absolute atomic E-state index is 10.3. The molecular formula is C14H30N2O. The molecule has 1 aliphatic rings. The Morgan fingerprint density at radius 2 is 2.00 bits per heavy atom. The molecule has 1 aliphatic heterocycles. The normalized spacial score (nSPS) is 23.3. The molecule has 1 rings (SSSR count). The standard InChI is InChI=1S/C14H30N2O/c1-5-14(17,6-2)12-16(4)11-13-8-7-9-15(3)10-13/h13,17H,5-12H2,1-4H3. The highest BCUT2D eigenvalue weighted by atomic mass is 16.3. The number of aliphatic hydroxyl groups is 1. The molecule has 17 heavy (non-hydrogen) atoms. The van der Waals surface area contributed by atoms with Crippen LogP contribution in [-0.4, -0.2) is 60.8 Å². The van der Waals surface area contributed by atoms with E-state index in [0.29, 0.717) is 0 Å². The fraction of sp³-hybridized carbons (Fsp3) is 1.00. The lowest BCUT2D eigenvalue weighted by molar-refractivity contribution is -0.00245. The molecule has 0 aromatic heterocycles. The third kappa shape index (κ3) is 4.94. The number of hydrogen-bond acceptors (Lipinski definition) is 3. The molecule has 0 amide bonds. The summed E-state index contributed by atoms with van der Waals surface area (Å²) in [7, 11) is 4.35. The molecule has 102 valence electrons. The van der Waals surface area contributed by atoms with Crippen molar-refractivity contribution >= 4 is 0 Å². The van der Waals surface area contributed by atoms with E-state index in [2.05, 4.69) is 37.7 Å². The van der Waals surface area contributed by atoms with E-state index in [1.54, 1.807) is 0 Å². The fourth-order valence-corrected chi connectivity index (χ4v) is 2.90. The highest BCUT2D eigenvalue weighted by Gasteiger charge is 2.26. The third-order valence-corrected chi connectivity index (χ3v) is 4.17. The topological polar surface area (TPSA) is 26.7 Å². The van der Waals surface area contributed by atoms with E-state index in [-0.39, 0.29) is 0 Å². The molecule has 1 saturated heterocycles. The zero-order chi connectivity index (χ0) is 12.9. The molecule has 3 heteroatoms. The molecule has 1 heterocycles. The van der Waals surface area contributed by atoms with Crippen LogP contribution in [0.1, 0.15) is 39.5 Å². The highest BCUT2D eigenvalue weighted by Crippen LogP contribution is 2.19. The lowest BCUT2D eigenvalue weighted by atomic mass is 9.94. The summed E-state index contributed by atoms with van der Waals surface area (Å²) in [6, 6.07) is 0. The number of rotatable bonds is 6. The highest BCUT2D eigenvalue weighted by molar-refractivity contribution is 4.80. The minimum atomic E-state index is -0.491. The van der Waals surface area contributed by atoms with E-state index in [0.717, 1.165) is 31.8 Å². The number of piperidine rings is 1. The summed E-state index contributed by atoms with van der Waals surface area (Å²) in [5, 5.41) is 10.3. The summed E-state index contributed by atoms with van der Waals surface area (Å²) in [6.45, 7) is 8.53. The summed E-state index contributed by atoms with van der Waals surface area (Å²) in [5.41, 5.74) is -0.491. The number of likely N-dealkylation sites (tertiary alicyclic amines) is 1. The minimum absolute atomic E-state index is 0.491. The molecular weight excluding hydrogens is 212 g/mol. The van der Waals surface area contributed by atoms with Crippen LogP contribution in [-0.2, 0) is 0 Å². The van der Waals surface area contributed by atoms with Crippen LogP contribution in [0.3, 0.4) is 0 Å². The Balaban J connectivity index is 2.35. The summed E-state index contributed by atoms with van der Waals surface area (Å²) in [6.07, 6.45) is 4.35. The van der Waals surface area contributed by atoms with Crippen molar-refractivity contribution in [3.05, 3.63) is 0 Å². The van der Waals surface area contributed by atoms with Crippen molar-refractivity contribution in [3.63, 3.8) is 0 Å². The predicted octanol–water partition coefficient (Wildman–Crippen LogP) is 1.81. The quantitative estimate of drug-likeness (QED) is 0.769. The van der Waals surface area contributed by atoms with Crippen molar-refractivity contribution in [2.24, 2.45) is 5.92 Å². The number of nitrogens with zero attached hydrogens (tertiary/aromatic N) is 2. The van der Waals surface area contributed by atoms with Gasteiger partial charge in [0.25, 0.3) is 0 Å². The molecule has 1 atom stereocenters. The molecule has 1 N–H and O–H groups in total. The van der Waals surface area contributed by atoms with E-state index in [1.165, 1.54) is 25.9 Å². The Kier molecular flexibility index (Phi) is 5.90. The molecule has 3 nitrogen and oxygen atoms in total. The lowest BCUT2D eigenvalue weighted by Gasteiger charge is -2.35. The first-order valence-electron chi connectivity index (χ1n) is 7.08. The van der Waals surface area contributed by atoms with E-state index in [9.17, 15) is 5.11 Å². The Morgan fingerprint density at radius 3 is 2.53 bits per heavy atom. The lowest BCUT2D eigenvalue weighted by Crippen LogP contribution is -2.44. The van der Waals surface area contributed by atoms with Gasteiger partial charge in [-0.1, -0.05) is 13.8 Å². The summed E-state index contributed by atoms with van der Waals surface area (Å²) < 4.78 is 0. The van der Waals surface area contributed by atoms with Gasteiger partial charge in [0.1, 0.15) is 0 Å². The number of likely N-dealkylation sites (N-methyl/N-ethyl adjacent to an activating group) is 1. The molecule has 1 unspecified atom stereocenters. The second-order valence-electron chi connectivity index (χ2n) is 5.90. The van der Waals surface area contributed by atoms with E-state index in [4.69, 9.17) is 0 Å². The van der Waals surface area contributed by atoms with Crippen molar-refractivity contribution in [3.8, 4) is 0 Å². The molecule has 1 fully saturated rings. The Morgan fingerprint density at radius 1 is 1.35 bits per heavy atom. The van der Waals surface area contributed by atoms with Gasteiger partial charge >= 0.3 is 0 Å². The Hall–Kier alpha value is -0.120. The maximum atomic E-state index is 10.3. The first kappa shape index (κ1) is 14.9. The molecule has 0 radical (unpaired) electrons. The maximum Gasteiger partial charge on any atom is 0.0768 e. The van der Waals surface area contributed by atoms with Gasteiger partial charge in [0.15, 0.2) is 0 Å². The zero-order valence-corrected chi connectivity index (χ0v) is 12.1. The Labute approximate surface area is 107 Å². The number of hydrogen-bond donors (Lipinski definition) is 1. The van der Waals surface area contributed by atoms with Crippen LogP contribution in [0.5, 0.6) is 0 Å². The smallest absolute Gasteiger partial charge is 0.0768 e. The van der Waals surface area contributed by atoms with Crippen molar-refractivity contribution in [1.29, 1.82) is 0 Å². The molecule has 0 spiro atoms. The van der Waals surface area contributed by atoms with Gasteiger partial charge in [-0.25, -0.2) is 0 Å². The minimum Gasteiger partial charge on any atom is -0.389 e. The van der Waals surface area contributed by atoms with Crippen LogP contribution in [0.2, 0.25) is 0 Å². The fourth-order valence-electron chi connectivity index (χ4n) is 2.90. The molecule has 0 bridgehead atoms. The molecule has 0 aliphatic carbocycles.